The van der Waals surface area contributed by atoms with Crippen molar-refractivity contribution >= 4 is 11.6 Å². The van der Waals surface area contributed by atoms with Crippen molar-refractivity contribution in [2.75, 3.05) is 0 Å². The quantitative estimate of drug-likeness (QED) is 0.803. The third-order valence-electron chi connectivity index (χ3n) is 2.71. The normalized spacial score (nSPS) is 18.3. The molecule has 1 fully saturated rings. The smallest absolute Gasteiger partial charge is 0.128 e. The van der Waals surface area contributed by atoms with Gasteiger partial charge >= 0.3 is 0 Å². The Bertz CT molecular complexity index is 372. The Morgan fingerprint density at radius 2 is 2.14 bits per heavy atom. The molecule has 0 aromatic heterocycles. The molecule has 1 nitrogen and oxygen atoms in total. The van der Waals surface area contributed by atoms with Crippen molar-refractivity contribution in [2.24, 2.45) is 0 Å². The first kappa shape index (κ1) is 9.94. The number of aryl methyl sites for hydroxylation is 1. The van der Waals surface area contributed by atoms with E-state index in [4.69, 9.17) is 11.6 Å². The lowest BCUT2D eigenvalue weighted by Gasteiger charge is -2.11. The Morgan fingerprint density at radius 1 is 1.50 bits per heavy atom. The molecule has 0 heterocycles. The van der Waals surface area contributed by atoms with E-state index in [1.165, 1.54) is 6.07 Å². The predicted molar refractivity (Wildman–Crippen MR) is 54.0 cm³/mol. The summed E-state index contributed by atoms with van der Waals surface area (Å²) in [6, 6.07) is 3.06. The lowest BCUT2D eigenvalue weighted by atomic mass is 10.0. The summed E-state index contributed by atoms with van der Waals surface area (Å²) in [6.45, 7) is 1.84. The van der Waals surface area contributed by atoms with Crippen molar-refractivity contribution in [2.45, 2.75) is 31.8 Å². The Morgan fingerprint density at radius 3 is 2.71 bits per heavy atom. The van der Waals surface area contributed by atoms with Crippen LogP contribution in [0.5, 0.6) is 0 Å². The number of rotatable bonds is 2. The molecule has 1 aromatic rings. The molecule has 0 atom stereocenters. The van der Waals surface area contributed by atoms with Gasteiger partial charge in [0.15, 0.2) is 0 Å². The molecule has 2 rings (SSSR count). The maximum Gasteiger partial charge on any atom is 0.128 e. The van der Waals surface area contributed by atoms with E-state index in [0.717, 1.165) is 18.4 Å². The average molecular weight is 215 g/mol. The van der Waals surface area contributed by atoms with Gasteiger partial charge in [0, 0.05) is 17.0 Å². The number of benzene rings is 1. The van der Waals surface area contributed by atoms with Crippen LogP contribution in [0.25, 0.3) is 0 Å². The fourth-order valence-electron chi connectivity index (χ4n) is 1.53. The zero-order chi connectivity index (χ0) is 10.3. The highest BCUT2D eigenvalue weighted by molar-refractivity contribution is 6.32. The number of aliphatic hydroxyl groups is 1. The monoisotopic (exact) mass is 214 g/mol. The summed E-state index contributed by atoms with van der Waals surface area (Å²) in [5.74, 6) is -0.319. The number of hydrogen-bond acceptors (Lipinski definition) is 1. The van der Waals surface area contributed by atoms with Gasteiger partial charge in [0.2, 0.25) is 0 Å². The summed E-state index contributed by atoms with van der Waals surface area (Å²) >= 11 is 5.98. The van der Waals surface area contributed by atoms with E-state index in [9.17, 15) is 9.50 Å². The van der Waals surface area contributed by atoms with Crippen molar-refractivity contribution in [3.05, 3.63) is 34.1 Å². The van der Waals surface area contributed by atoms with Gasteiger partial charge in [0.25, 0.3) is 0 Å². The summed E-state index contributed by atoms with van der Waals surface area (Å²) in [5, 5.41) is 10.1. The molecule has 1 saturated carbocycles. The molecule has 1 N–H and O–H groups in total. The summed E-state index contributed by atoms with van der Waals surface area (Å²) in [5.41, 5.74) is 0.608. The minimum Gasteiger partial charge on any atom is -0.390 e. The van der Waals surface area contributed by atoms with Gasteiger partial charge in [-0.05, 0) is 31.4 Å². The molecular formula is C11H12ClFO. The first-order valence-electron chi connectivity index (χ1n) is 4.68. The fraction of sp³-hybridized carbons (Fsp3) is 0.455. The van der Waals surface area contributed by atoms with Crippen LogP contribution in [0.15, 0.2) is 12.1 Å². The third-order valence-corrected chi connectivity index (χ3v) is 3.24. The van der Waals surface area contributed by atoms with Crippen molar-refractivity contribution < 1.29 is 9.50 Å². The molecule has 14 heavy (non-hydrogen) atoms. The van der Waals surface area contributed by atoms with Crippen LogP contribution in [0.1, 0.15) is 24.0 Å². The van der Waals surface area contributed by atoms with Gasteiger partial charge in [0.05, 0.1) is 5.60 Å². The van der Waals surface area contributed by atoms with Crippen LogP contribution < -0.4 is 0 Å². The standard InChI is InChI=1S/C11H12ClFO/c1-7-2-3-9(13)8(10(7)12)6-11(14)4-5-11/h2-3,14H,4-6H2,1H3. The highest BCUT2D eigenvalue weighted by Gasteiger charge is 2.41. The highest BCUT2D eigenvalue weighted by atomic mass is 35.5. The largest absolute Gasteiger partial charge is 0.390 e. The minimum absolute atomic E-state index is 0.319. The van der Waals surface area contributed by atoms with Crippen molar-refractivity contribution in [3.8, 4) is 0 Å². The van der Waals surface area contributed by atoms with Crippen LogP contribution in [-0.2, 0) is 6.42 Å². The van der Waals surface area contributed by atoms with E-state index in [2.05, 4.69) is 0 Å². The van der Waals surface area contributed by atoms with E-state index in [-0.39, 0.29) is 5.82 Å². The first-order chi connectivity index (χ1) is 6.52. The van der Waals surface area contributed by atoms with Crippen LogP contribution in [0, 0.1) is 12.7 Å². The lowest BCUT2D eigenvalue weighted by Crippen LogP contribution is -2.12. The van der Waals surface area contributed by atoms with Crippen LogP contribution in [0.3, 0.4) is 0 Å². The molecule has 1 aliphatic rings. The topological polar surface area (TPSA) is 20.2 Å². The van der Waals surface area contributed by atoms with Crippen LogP contribution in [-0.4, -0.2) is 10.7 Å². The first-order valence-corrected chi connectivity index (χ1v) is 5.05. The Kier molecular flexibility index (Phi) is 2.28. The van der Waals surface area contributed by atoms with Gasteiger partial charge < -0.3 is 5.11 Å². The van der Waals surface area contributed by atoms with Gasteiger partial charge in [-0.1, -0.05) is 17.7 Å². The SMILES string of the molecule is Cc1ccc(F)c(CC2(O)CC2)c1Cl. The maximum absolute atomic E-state index is 13.4. The average Bonchev–Trinajstić information content (AvgIpc) is 2.86. The molecule has 1 aromatic carbocycles. The van der Waals surface area contributed by atoms with Crippen molar-refractivity contribution in [1.82, 2.24) is 0 Å². The second-order valence-electron chi connectivity index (χ2n) is 4.06. The van der Waals surface area contributed by atoms with Crippen LogP contribution in [0.4, 0.5) is 4.39 Å². The molecule has 76 valence electrons. The summed E-state index contributed by atoms with van der Waals surface area (Å²) < 4.78 is 13.4. The Labute approximate surface area is 87.5 Å². The highest BCUT2D eigenvalue weighted by Crippen LogP contribution is 2.40. The van der Waals surface area contributed by atoms with E-state index < -0.39 is 5.60 Å². The van der Waals surface area contributed by atoms with Crippen LogP contribution in [0.2, 0.25) is 5.02 Å². The molecule has 0 unspecified atom stereocenters. The van der Waals surface area contributed by atoms with Crippen molar-refractivity contribution in [1.29, 1.82) is 0 Å². The van der Waals surface area contributed by atoms with E-state index >= 15 is 0 Å². The van der Waals surface area contributed by atoms with Gasteiger partial charge in [-0.2, -0.15) is 0 Å². The molecule has 3 heteroatoms. The van der Waals surface area contributed by atoms with Gasteiger partial charge in [-0.3, -0.25) is 0 Å². The summed E-state index contributed by atoms with van der Waals surface area (Å²) in [4.78, 5) is 0. The van der Waals surface area contributed by atoms with Gasteiger partial charge in [-0.15, -0.1) is 0 Å². The second kappa shape index (κ2) is 3.21. The Balaban J connectivity index is 2.35. The zero-order valence-electron chi connectivity index (χ0n) is 7.98. The second-order valence-corrected chi connectivity index (χ2v) is 4.44. The maximum atomic E-state index is 13.4. The summed E-state index contributed by atoms with van der Waals surface area (Å²) in [7, 11) is 0. The minimum atomic E-state index is -0.696. The molecule has 0 aliphatic heterocycles. The molecule has 0 spiro atoms. The molecule has 0 bridgehead atoms. The molecule has 0 amide bonds. The summed E-state index contributed by atoms with van der Waals surface area (Å²) in [6.07, 6.45) is 1.83. The molecule has 1 aliphatic carbocycles. The van der Waals surface area contributed by atoms with Crippen LogP contribution >= 0.6 is 11.6 Å². The fourth-order valence-corrected chi connectivity index (χ4v) is 1.75. The predicted octanol–water partition coefficient (Wildman–Crippen LogP) is 2.85. The zero-order valence-corrected chi connectivity index (χ0v) is 8.74. The molecular weight excluding hydrogens is 203 g/mol. The molecule has 0 saturated heterocycles. The van der Waals surface area contributed by atoms with Gasteiger partial charge in [-0.25, -0.2) is 4.39 Å². The number of hydrogen-bond donors (Lipinski definition) is 1. The molecule has 0 radical (unpaired) electrons. The number of halogens is 2. The third kappa shape index (κ3) is 1.77. The van der Waals surface area contributed by atoms with Crippen molar-refractivity contribution in [3.63, 3.8) is 0 Å². The Hall–Kier alpha value is -0.600. The van der Waals surface area contributed by atoms with E-state index in [1.807, 2.05) is 6.92 Å². The lowest BCUT2D eigenvalue weighted by molar-refractivity contribution is 0.149. The van der Waals surface area contributed by atoms with E-state index in [0.29, 0.717) is 17.0 Å². The van der Waals surface area contributed by atoms with Gasteiger partial charge in [0.1, 0.15) is 5.82 Å². The van der Waals surface area contributed by atoms with E-state index in [1.54, 1.807) is 6.07 Å².